The zero-order valence-electron chi connectivity index (χ0n) is 14.8. The Morgan fingerprint density at radius 1 is 0.962 bits per heavy atom. The lowest BCUT2D eigenvalue weighted by Gasteiger charge is -2.11. The van der Waals surface area contributed by atoms with E-state index < -0.39 is 0 Å². The molecule has 2 aromatic carbocycles. The van der Waals surface area contributed by atoms with Crippen LogP contribution in [0.15, 0.2) is 48.5 Å². The number of benzene rings is 2. The summed E-state index contributed by atoms with van der Waals surface area (Å²) in [5, 5.41) is 6.64. The van der Waals surface area contributed by atoms with Crippen LogP contribution in [-0.4, -0.2) is 15.9 Å². The van der Waals surface area contributed by atoms with E-state index in [1.165, 1.54) is 0 Å². The summed E-state index contributed by atoms with van der Waals surface area (Å²) in [7, 11) is 0. The largest absolute Gasteiger partial charge is 0.324 e. The van der Waals surface area contributed by atoms with Gasteiger partial charge in [-0.1, -0.05) is 29.3 Å². The monoisotopic (exact) mass is 366 g/mol. The first-order valence-corrected chi connectivity index (χ1v) is 8.55. The lowest BCUT2D eigenvalue weighted by molar-refractivity contribution is 0.102. The highest BCUT2D eigenvalue weighted by Gasteiger charge is 2.12. The fraction of sp³-hybridized carbons (Fsp3) is 0.150. The summed E-state index contributed by atoms with van der Waals surface area (Å²) >= 11 is 5.89. The Bertz CT molecular complexity index is 955. The van der Waals surface area contributed by atoms with Gasteiger partial charge in [-0.3, -0.25) is 4.79 Å². The Balaban J connectivity index is 1.82. The molecule has 0 radical (unpaired) electrons. The van der Waals surface area contributed by atoms with Gasteiger partial charge in [0.15, 0.2) is 0 Å². The highest BCUT2D eigenvalue weighted by molar-refractivity contribution is 6.30. The molecule has 3 rings (SSSR count). The van der Waals surface area contributed by atoms with Crippen molar-refractivity contribution >= 4 is 34.8 Å². The number of carbonyl (C=O) groups excluding carboxylic acids is 1. The molecule has 3 aromatic rings. The van der Waals surface area contributed by atoms with Crippen LogP contribution in [0.25, 0.3) is 0 Å². The smallest absolute Gasteiger partial charge is 0.274 e. The summed E-state index contributed by atoms with van der Waals surface area (Å²) in [5.74, 6) is 0.0831. The minimum absolute atomic E-state index is 0.276. The molecule has 0 unspecified atom stereocenters. The van der Waals surface area contributed by atoms with E-state index in [4.69, 9.17) is 11.6 Å². The molecule has 26 heavy (non-hydrogen) atoms. The van der Waals surface area contributed by atoms with Crippen LogP contribution >= 0.6 is 11.6 Å². The molecular formula is C20H19ClN4O. The number of amides is 1. The average molecular weight is 367 g/mol. The predicted molar refractivity (Wildman–Crippen MR) is 105 cm³/mol. The number of aromatic nitrogens is 2. The van der Waals surface area contributed by atoms with Gasteiger partial charge in [0.2, 0.25) is 5.95 Å². The van der Waals surface area contributed by atoms with Crippen LogP contribution in [0.3, 0.4) is 0 Å². The molecule has 0 saturated heterocycles. The summed E-state index contributed by atoms with van der Waals surface area (Å²) in [6.07, 6.45) is 0. The van der Waals surface area contributed by atoms with E-state index in [9.17, 15) is 4.79 Å². The average Bonchev–Trinajstić information content (AvgIpc) is 2.59. The van der Waals surface area contributed by atoms with Gasteiger partial charge in [0, 0.05) is 22.1 Å². The predicted octanol–water partition coefficient (Wildman–Crippen LogP) is 5.05. The molecule has 0 spiro atoms. The van der Waals surface area contributed by atoms with Crippen molar-refractivity contribution in [2.45, 2.75) is 20.8 Å². The number of hydrogen-bond acceptors (Lipinski definition) is 4. The normalized spacial score (nSPS) is 10.5. The maximum Gasteiger partial charge on any atom is 0.274 e. The van der Waals surface area contributed by atoms with Crippen molar-refractivity contribution in [3.8, 4) is 0 Å². The lowest BCUT2D eigenvalue weighted by atomic mass is 10.1. The van der Waals surface area contributed by atoms with Gasteiger partial charge >= 0.3 is 0 Å². The number of rotatable bonds is 4. The molecule has 1 amide bonds. The number of nitrogens with one attached hydrogen (secondary N) is 2. The topological polar surface area (TPSA) is 66.9 Å². The van der Waals surface area contributed by atoms with Gasteiger partial charge in [0.05, 0.1) is 0 Å². The van der Waals surface area contributed by atoms with Gasteiger partial charge < -0.3 is 10.6 Å². The number of anilines is 3. The van der Waals surface area contributed by atoms with Crippen molar-refractivity contribution in [1.29, 1.82) is 0 Å². The fourth-order valence-electron chi connectivity index (χ4n) is 2.54. The maximum absolute atomic E-state index is 12.6. The van der Waals surface area contributed by atoms with E-state index in [-0.39, 0.29) is 5.91 Å². The molecule has 0 aliphatic rings. The minimum Gasteiger partial charge on any atom is -0.324 e. The number of hydrogen-bond donors (Lipinski definition) is 2. The van der Waals surface area contributed by atoms with Gasteiger partial charge in [-0.25, -0.2) is 9.97 Å². The first kappa shape index (κ1) is 17.9. The van der Waals surface area contributed by atoms with Gasteiger partial charge in [-0.05, 0) is 62.7 Å². The van der Waals surface area contributed by atoms with Gasteiger partial charge in [0.1, 0.15) is 5.69 Å². The standard InChI is InChI=1S/C20H19ClN4O/c1-12-4-9-17(13(2)10-12)24-19(26)18-11-14(3)22-20(25-18)23-16-7-5-15(21)6-8-16/h4-11H,1-3H3,(H,24,26)(H,22,23,25). The Labute approximate surface area is 157 Å². The van der Waals surface area contributed by atoms with Crippen LogP contribution in [0.4, 0.5) is 17.3 Å². The van der Waals surface area contributed by atoms with Crippen LogP contribution in [0.2, 0.25) is 5.02 Å². The van der Waals surface area contributed by atoms with E-state index in [1.807, 2.05) is 51.1 Å². The Hall–Kier alpha value is -2.92. The SMILES string of the molecule is Cc1ccc(NC(=O)c2cc(C)nc(Nc3ccc(Cl)cc3)n2)c(C)c1. The lowest BCUT2D eigenvalue weighted by Crippen LogP contribution is -2.16. The summed E-state index contributed by atoms with van der Waals surface area (Å²) in [4.78, 5) is 21.3. The number of aryl methyl sites for hydroxylation is 3. The van der Waals surface area contributed by atoms with Crippen molar-refractivity contribution in [2.75, 3.05) is 10.6 Å². The van der Waals surface area contributed by atoms with Crippen molar-refractivity contribution in [1.82, 2.24) is 9.97 Å². The zero-order valence-corrected chi connectivity index (χ0v) is 15.6. The van der Waals surface area contributed by atoms with Crippen molar-refractivity contribution in [2.24, 2.45) is 0 Å². The molecule has 0 fully saturated rings. The van der Waals surface area contributed by atoms with Crippen LogP contribution < -0.4 is 10.6 Å². The molecular weight excluding hydrogens is 348 g/mol. The number of nitrogens with zero attached hydrogens (tertiary/aromatic N) is 2. The summed E-state index contributed by atoms with van der Waals surface area (Å²) in [6.45, 7) is 5.80. The van der Waals surface area contributed by atoms with E-state index in [2.05, 4.69) is 20.6 Å². The van der Waals surface area contributed by atoms with Gasteiger partial charge in [-0.15, -0.1) is 0 Å². The van der Waals surface area contributed by atoms with E-state index >= 15 is 0 Å². The molecule has 0 bridgehead atoms. The molecule has 6 heteroatoms. The zero-order chi connectivity index (χ0) is 18.7. The Morgan fingerprint density at radius 3 is 2.38 bits per heavy atom. The number of halogens is 1. The van der Waals surface area contributed by atoms with E-state index in [0.717, 1.165) is 22.5 Å². The molecule has 0 aliphatic carbocycles. The Morgan fingerprint density at radius 2 is 1.69 bits per heavy atom. The molecule has 0 atom stereocenters. The van der Waals surface area contributed by atoms with Crippen LogP contribution in [0.1, 0.15) is 27.3 Å². The Kier molecular flexibility index (Phi) is 5.19. The van der Waals surface area contributed by atoms with E-state index in [0.29, 0.717) is 22.4 Å². The third kappa shape index (κ3) is 4.37. The minimum atomic E-state index is -0.276. The summed E-state index contributed by atoms with van der Waals surface area (Å²) < 4.78 is 0. The molecule has 0 aliphatic heterocycles. The second-order valence-corrected chi connectivity index (χ2v) is 6.56. The second-order valence-electron chi connectivity index (χ2n) is 6.12. The molecule has 0 saturated carbocycles. The number of carbonyl (C=O) groups is 1. The molecule has 5 nitrogen and oxygen atoms in total. The first-order valence-electron chi connectivity index (χ1n) is 8.17. The van der Waals surface area contributed by atoms with Crippen molar-refractivity contribution in [3.05, 3.63) is 76.1 Å². The summed E-state index contributed by atoms with van der Waals surface area (Å²) in [6, 6.07) is 14.7. The van der Waals surface area contributed by atoms with Crippen LogP contribution in [0.5, 0.6) is 0 Å². The van der Waals surface area contributed by atoms with Gasteiger partial charge in [0.25, 0.3) is 5.91 Å². The maximum atomic E-state index is 12.6. The molecule has 1 aromatic heterocycles. The molecule has 2 N–H and O–H groups in total. The highest BCUT2D eigenvalue weighted by Crippen LogP contribution is 2.19. The fourth-order valence-corrected chi connectivity index (χ4v) is 2.67. The molecule has 132 valence electrons. The highest BCUT2D eigenvalue weighted by atomic mass is 35.5. The second kappa shape index (κ2) is 7.54. The summed E-state index contributed by atoms with van der Waals surface area (Å²) in [5.41, 5.74) is 4.71. The molecule has 1 heterocycles. The van der Waals surface area contributed by atoms with Crippen molar-refractivity contribution < 1.29 is 4.79 Å². The quantitative estimate of drug-likeness (QED) is 0.678. The third-order valence-electron chi connectivity index (χ3n) is 3.82. The van der Waals surface area contributed by atoms with Crippen molar-refractivity contribution in [3.63, 3.8) is 0 Å². The van der Waals surface area contributed by atoms with Crippen LogP contribution in [0, 0.1) is 20.8 Å². The first-order chi connectivity index (χ1) is 12.4. The van der Waals surface area contributed by atoms with Gasteiger partial charge in [-0.2, -0.15) is 0 Å². The van der Waals surface area contributed by atoms with E-state index in [1.54, 1.807) is 18.2 Å². The third-order valence-corrected chi connectivity index (χ3v) is 4.07. The van der Waals surface area contributed by atoms with Crippen LogP contribution in [-0.2, 0) is 0 Å².